The van der Waals surface area contributed by atoms with Crippen LogP contribution in [0.3, 0.4) is 0 Å². The third kappa shape index (κ3) is 3.93. The van der Waals surface area contributed by atoms with Crippen molar-refractivity contribution in [1.29, 1.82) is 5.41 Å². The van der Waals surface area contributed by atoms with Gasteiger partial charge in [-0.2, -0.15) is 0 Å². The first-order valence-corrected chi connectivity index (χ1v) is 7.15. The quantitative estimate of drug-likeness (QED) is 0.534. The van der Waals surface area contributed by atoms with E-state index < -0.39 is 15.4 Å². The molecular formula is C12H19N3O3S. The minimum atomic E-state index is -3.61. The molecule has 1 rings (SSSR count). The normalized spacial score (nSPS) is 12.2. The molecule has 6 nitrogen and oxygen atoms in total. The van der Waals surface area contributed by atoms with Crippen LogP contribution in [0.1, 0.15) is 13.8 Å². The van der Waals surface area contributed by atoms with Gasteiger partial charge in [0.2, 0.25) is 10.0 Å². The van der Waals surface area contributed by atoms with Gasteiger partial charge < -0.3 is 10.5 Å². The monoisotopic (exact) mass is 285 g/mol. The zero-order chi connectivity index (χ0) is 14.7. The number of benzene rings is 1. The Balaban J connectivity index is 2.84. The summed E-state index contributed by atoms with van der Waals surface area (Å²) in [5, 5.41) is 7.39. The molecule has 0 atom stereocenters. The van der Waals surface area contributed by atoms with Crippen LogP contribution in [0.5, 0.6) is 5.75 Å². The van der Waals surface area contributed by atoms with Crippen LogP contribution in [-0.4, -0.2) is 27.9 Å². The lowest BCUT2D eigenvalue weighted by Gasteiger charge is -2.23. The Labute approximate surface area is 113 Å². The standard InChI is InChI=1S/C12H19N3O3S/c1-12(2,11(13)14)8-15-19(16,17)10-6-4-9(18-3)5-7-10/h4-7,15H,8H2,1-3H3,(H3,13,14). The van der Waals surface area contributed by atoms with Crippen molar-refractivity contribution in [2.75, 3.05) is 13.7 Å². The number of ether oxygens (including phenoxy) is 1. The number of amidine groups is 1. The van der Waals surface area contributed by atoms with Gasteiger partial charge in [-0.05, 0) is 24.3 Å². The molecule has 1 aromatic rings. The van der Waals surface area contributed by atoms with Crippen LogP contribution in [0.4, 0.5) is 0 Å². The average Bonchev–Trinajstić information content (AvgIpc) is 2.36. The second-order valence-corrected chi connectivity index (χ2v) is 6.56. The highest BCUT2D eigenvalue weighted by molar-refractivity contribution is 7.89. The van der Waals surface area contributed by atoms with Gasteiger partial charge in [-0.25, -0.2) is 13.1 Å². The molecule has 0 radical (unpaired) electrons. The number of methoxy groups -OCH3 is 1. The van der Waals surface area contributed by atoms with Crippen LogP contribution in [0.25, 0.3) is 0 Å². The highest BCUT2D eigenvalue weighted by Crippen LogP contribution is 2.17. The second kappa shape index (κ2) is 5.58. The topological polar surface area (TPSA) is 105 Å². The molecule has 0 aliphatic carbocycles. The fourth-order valence-electron chi connectivity index (χ4n) is 1.21. The molecule has 4 N–H and O–H groups in total. The van der Waals surface area contributed by atoms with E-state index in [1.54, 1.807) is 26.0 Å². The molecule has 0 amide bonds. The Kier molecular flexibility index (Phi) is 4.54. The zero-order valence-corrected chi connectivity index (χ0v) is 12.0. The first-order valence-electron chi connectivity index (χ1n) is 5.67. The summed E-state index contributed by atoms with van der Waals surface area (Å²) in [5.41, 5.74) is 4.69. The van der Waals surface area contributed by atoms with Crippen LogP contribution < -0.4 is 15.2 Å². The molecule has 0 bridgehead atoms. The van der Waals surface area contributed by atoms with E-state index >= 15 is 0 Å². The summed E-state index contributed by atoms with van der Waals surface area (Å²) in [7, 11) is -2.10. The Morgan fingerprint density at radius 3 is 2.32 bits per heavy atom. The van der Waals surface area contributed by atoms with Gasteiger partial charge in [-0.1, -0.05) is 13.8 Å². The Morgan fingerprint density at radius 2 is 1.89 bits per heavy atom. The highest BCUT2D eigenvalue weighted by Gasteiger charge is 2.25. The summed E-state index contributed by atoms with van der Waals surface area (Å²) >= 11 is 0. The van der Waals surface area contributed by atoms with Crippen LogP contribution in [0.2, 0.25) is 0 Å². The minimum Gasteiger partial charge on any atom is -0.497 e. The van der Waals surface area contributed by atoms with E-state index in [0.29, 0.717) is 5.75 Å². The SMILES string of the molecule is COc1ccc(S(=O)(=O)NCC(C)(C)C(=N)N)cc1. The van der Waals surface area contributed by atoms with Crippen molar-refractivity contribution in [2.24, 2.45) is 11.1 Å². The predicted molar refractivity (Wildman–Crippen MR) is 73.9 cm³/mol. The van der Waals surface area contributed by atoms with Crippen molar-refractivity contribution in [3.63, 3.8) is 0 Å². The van der Waals surface area contributed by atoms with E-state index in [4.69, 9.17) is 15.9 Å². The van der Waals surface area contributed by atoms with E-state index in [9.17, 15) is 8.42 Å². The molecule has 0 aliphatic rings. The molecule has 7 heteroatoms. The predicted octanol–water partition coefficient (Wildman–Crippen LogP) is 0.936. The van der Waals surface area contributed by atoms with Gasteiger partial charge in [-0.15, -0.1) is 0 Å². The number of rotatable bonds is 6. The third-order valence-electron chi connectivity index (χ3n) is 2.80. The third-order valence-corrected chi connectivity index (χ3v) is 4.22. The maximum absolute atomic E-state index is 12.0. The van der Waals surface area contributed by atoms with E-state index in [0.717, 1.165) is 0 Å². The molecule has 0 fully saturated rings. The fourth-order valence-corrected chi connectivity index (χ4v) is 2.42. The van der Waals surface area contributed by atoms with Crippen LogP contribution in [0.15, 0.2) is 29.2 Å². The number of nitrogens with two attached hydrogens (primary N) is 1. The van der Waals surface area contributed by atoms with Gasteiger partial charge in [0.15, 0.2) is 0 Å². The maximum atomic E-state index is 12.0. The summed E-state index contributed by atoms with van der Waals surface area (Å²) in [6.07, 6.45) is 0. The van der Waals surface area contributed by atoms with Gasteiger partial charge in [0.25, 0.3) is 0 Å². The molecule has 106 valence electrons. The smallest absolute Gasteiger partial charge is 0.240 e. The van der Waals surface area contributed by atoms with Gasteiger partial charge in [-0.3, -0.25) is 5.41 Å². The van der Waals surface area contributed by atoms with Crippen LogP contribution in [0, 0.1) is 10.8 Å². The summed E-state index contributed by atoms with van der Waals surface area (Å²) in [5.74, 6) is 0.521. The van der Waals surface area contributed by atoms with Gasteiger partial charge in [0, 0.05) is 12.0 Å². The molecule has 0 saturated heterocycles. The van der Waals surface area contributed by atoms with E-state index in [-0.39, 0.29) is 17.3 Å². The fraction of sp³-hybridized carbons (Fsp3) is 0.417. The van der Waals surface area contributed by atoms with Gasteiger partial charge >= 0.3 is 0 Å². The van der Waals surface area contributed by atoms with Gasteiger partial charge in [0.05, 0.1) is 17.8 Å². The zero-order valence-electron chi connectivity index (χ0n) is 11.2. The van der Waals surface area contributed by atoms with Crippen LogP contribution >= 0.6 is 0 Å². The maximum Gasteiger partial charge on any atom is 0.240 e. The van der Waals surface area contributed by atoms with Crippen molar-refractivity contribution in [1.82, 2.24) is 4.72 Å². The first kappa shape index (κ1) is 15.5. The summed E-state index contributed by atoms with van der Waals surface area (Å²) in [4.78, 5) is 0.146. The highest BCUT2D eigenvalue weighted by atomic mass is 32.2. The molecule has 0 saturated carbocycles. The Morgan fingerprint density at radius 1 is 1.37 bits per heavy atom. The second-order valence-electron chi connectivity index (χ2n) is 4.80. The van der Waals surface area contributed by atoms with Crippen molar-refractivity contribution >= 4 is 15.9 Å². The molecule has 0 heterocycles. The molecule has 0 spiro atoms. The van der Waals surface area contributed by atoms with E-state index in [1.807, 2.05) is 0 Å². The summed E-state index contributed by atoms with van der Waals surface area (Å²) < 4.78 is 31.5. The number of hydrogen-bond acceptors (Lipinski definition) is 4. The molecule has 1 aromatic carbocycles. The number of sulfonamides is 1. The van der Waals surface area contributed by atoms with Gasteiger partial charge in [0.1, 0.15) is 5.75 Å². The van der Waals surface area contributed by atoms with E-state index in [2.05, 4.69) is 4.72 Å². The van der Waals surface area contributed by atoms with E-state index in [1.165, 1.54) is 19.2 Å². The number of nitrogens with one attached hydrogen (secondary N) is 2. The lowest BCUT2D eigenvalue weighted by molar-refractivity contribution is 0.414. The minimum absolute atomic E-state index is 0.0649. The molecule has 0 aliphatic heterocycles. The average molecular weight is 285 g/mol. The molecule has 0 unspecified atom stereocenters. The van der Waals surface area contributed by atoms with Crippen molar-refractivity contribution < 1.29 is 13.2 Å². The largest absolute Gasteiger partial charge is 0.497 e. The lowest BCUT2D eigenvalue weighted by atomic mass is 9.93. The molecule has 19 heavy (non-hydrogen) atoms. The Hall–Kier alpha value is -1.60. The molecular weight excluding hydrogens is 266 g/mol. The van der Waals surface area contributed by atoms with Crippen molar-refractivity contribution in [2.45, 2.75) is 18.7 Å². The van der Waals surface area contributed by atoms with Crippen molar-refractivity contribution in [3.05, 3.63) is 24.3 Å². The summed E-state index contributed by atoms with van der Waals surface area (Å²) in [6.45, 7) is 3.47. The summed E-state index contributed by atoms with van der Waals surface area (Å²) in [6, 6.07) is 6.07. The number of hydrogen-bond donors (Lipinski definition) is 3. The first-order chi connectivity index (χ1) is 8.69. The molecule has 0 aromatic heterocycles. The van der Waals surface area contributed by atoms with Crippen LogP contribution in [-0.2, 0) is 10.0 Å². The Bertz CT molecular complexity index is 550. The lowest BCUT2D eigenvalue weighted by Crippen LogP contribution is -2.42. The van der Waals surface area contributed by atoms with Crippen molar-refractivity contribution in [3.8, 4) is 5.75 Å².